The molecule has 0 spiro atoms. The summed E-state index contributed by atoms with van der Waals surface area (Å²) in [6.45, 7) is 3.46. The van der Waals surface area contributed by atoms with Crippen molar-refractivity contribution in [2.45, 2.75) is 13.8 Å². The number of aromatic nitrogens is 3. The molecule has 17 heavy (non-hydrogen) atoms. The number of carbonyl (C=O) groups is 1. The second kappa shape index (κ2) is 4.54. The van der Waals surface area contributed by atoms with Crippen LogP contribution in [0.2, 0.25) is 0 Å². The monoisotopic (exact) mass is 252 g/mol. The molecule has 0 unspecified atom stereocenters. The summed E-state index contributed by atoms with van der Waals surface area (Å²) in [7, 11) is 0. The highest BCUT2D eigenvalue weighted by Gasteiger charge is 2.15. The lowest BCUT2D eigenvalue weighted by atomic mass is 10.2. The number of pyridine rings is 1. The summed E-state index contributed by atoms with van der Waals surface area (Å²) in [6.07, 6.45) is 1.43. The highest BCUT2D eigenvalue weighted by Crippen LogP contribution is 2.15. The molecule has 1 N–H and O–H groups in total. The van der Waals surface area contributed by atoms with Crippen molar-refractivity contribution in [1.82, 2.24) is 15.2 Å². The van der Waals surface area contributed by atoms with Gasteiger partial charge in [0.1, 0.15) is 5.01 Å². The minimum atomic E-state index is -0.649. The van der Waals surface area contributed by atoms with E-state index >= 15 is 0 Å². The van der Waals surface area contributed by atoms with E-state index in [1.807, 2.05) is 0 Å². The molecule has 0 aliphatic rings. The summed E-state index contributed by atoms with van der Waals surface area (Å²) in [5.41, 5.74) is 0.411. The van der Waals surface area contributed by atoms with Gasteiger partial charge >= 0.3 is 0 Å². The van der Waals surface area contributed by atoms with Crippen LogP contribution in [-0.2, 0) is 0 Å². The Hall–Kier alpha value is -1.89. The summed E-state index contributed by atoms with van der Waals surface area (Å²) >= 11 is 1.22. The van der Waals surface area contributed by atoms with Crippen LogP contribution >= 0.6 is 11.3 Å². The molecular weight excluding hydrogens is 243 g/mol. The maximum atomic E-state index is 13.5. The summed E-state index contributed by atoms with van der Waals surface area (Å²) < 4.78 is 13.5. The fourth-order valence-corrected chi connectivity index (χ4v) is 1.79. The van der Waals surface area contributed by atoms with Gasteiger partial charge in [-0.15, -0.1) is 10.2 Å². The van der Waals surface area contributed by atoms with Gasteiger partial charge in [-0.25, -0.2) is 9.37 Å². The van der Waals surface area contributed by atoms with Crippen molar-refractivity contribution in [2.24, 2.45) is 0 Å². The molecule has 0 aromatic carbocycles. The summed E-state index contributed by atoms with van der Waals surface area (Å²) in [5.74, 6) is -1.28. The van der Waals surface area contributed by atoms with Crippen LogP contribution < -0.4 is 5.32 Å². The van der Waals surface area contributed by atoms with E-state index < -0.39 is 11.7 Å². The largest absolute Gasteiger partial charge is 0.295 e. The van der Waals surface area contributed by atoms with Gasteiger partial charge < -0.3 is 0 Å². The van der Waals surface area contributed by atoms with E-state index in [0.29, 0.717) is 10.7 Å². The number of rotatable bonds is 2. The summed E-state index contributed by atoms with van der Waals surface area (Å²) in [6, 6.07) is 1.26. The van der Waals surface area contributed by atoms with Gasteiger partial charge in [0.15, 0.2) is 11.5 Å². The zero-order valence-corrected chi connectivity index (χ0v) is 10.0. The lowest BCUT2D eigenvalue weighted by molar-refractivity contribution is 0.101. The molecule has 2 rings (SSSR count). The Labute approximate surface area is 101 Å². The fraction of sp³-hybridized carbons (Fsp3) is 0.200. The Morgan fingerprint density at radius 1 is 1.41 bits per heavy atom. The van der Waals surface area contributed by atoms with Gasteiger partial charge in [-0.2, -0.15) is 0 Å². The minimum absolute atomic E-state index is 0.247. The zero-order valence-electron chi connectivity index (χ0n) is 9.19. The van der Waals surface area contributed by atoms with Crippen LogP contribution in [0, 0.1) is 19.7 Å². The van der Waals surface area contributed by atoms with Crippen LogP contribution in [0.25, 0.3) is 0 Å². The minimum Gasteiger partial charge on any atom is -0.295 e. The Morgan fingerprint density at radius 2 is 2.18 bits per heavy atom. The van der Waals surface area contributed by atoms with Crippen molar-refractivity contribution in [3.8, 4) is 0 Å². The van der Waals surface area contributed by atoms with E-state index in [-0.39, 0.29) is 5.69 Å². The normalized spacial score (nSPS) is 10.3. The lowest BCUT2D eigenvalue weighted by Crippen LogP contribution is -2.15. The molecule has 0 aliphatic heterocycles. The highest BCUT2D eigenvalue weighted by atomic mass is 32.1. The molecule has 0 saturated carbocycles. The molecule has 0 aliphatic carbocycles. The molecule has 88 valence electrons. The first-order valence-electron chi connectivity index (χ1n) is 4.80. The average molecular weight is 252 g/mol. The van der Waals surface area contributed by atoms with E-state index in [9.17, 15) is 9.18 Å². The fourth-order valence-electron chi connectivity index (χ4n) is 1.20. The van der Waals surface area contributed by atoms with Crippen LogP contribution in [-0.4, -0.2) is 21.1 Å². The molecule has 2 heterocycles. The number of nitrogens with one attached hydrogen (secondary N) is 1. The van der Waals surface area contributed by atoms with Gasteiger partial charge in [-0.05, 0) is 25.5 Å². The molecule has 0 atom stereocenters. The number of halogens is 1. The van der Waals surface area contributed by atoms with Crippen molar-refractivity contribution in [3.05, 3.63) is 34.3 Å². The average Bonchev–Trinajstić information content (AvgIpc) is 2.63. The van der Waals surface area contributed by atoms with Crippen LogP contribution in [0.5, 0.6) is 0 Å². The lowest BCUT2D eigenvalue weighted by Gasteiger charge is -2.02. The number of carbonyl (C=O) groups excluding carboxylic acids is 1. The van der Waals surface area contributed by atoms with Gasteiger partial charge in [0, 0.05) is 6.20 Å². The number of anilines is 1. The molecular formula is C10H9FN4OS. The molecule has 5 nitrogen and oxygen atoms in total. The molecule has 0 fully saturated rings. The first-order chi connectivity index (χ1) is 8.06. The Kier molecular flexibility index (Phi) is 3.10. The van der Waals surface area contributed by atoms with Gasteiger partial charge in [-0.3, -0.25) is 10.1 Å². The van der Waals surface area contributed by atoms with Gasteiger partial charge in [0.05, 0.1) is 0 Å². The first kappa shape index (κ1) is 11.6. The van der Waals surface area contributed by atoms with E-state index in [1.165, 1.54) is 23.6 Å². The predicted molar refractivity (Wildman–Crippen MR) is 61.5 cm³/mol. The van der Waals surface area contributed by atoms with Crippen LogP contribution in [0.15, 0.2) is 12.3 Å². The second-order valence-corrected chi connectivity index (χ2v) is 4.61. The van der Waals surface area contributed by atoms with Crippen LogP contribution in [0.3, 0.4) is 0 Å². The number of hydrogen-bond donors (Lipinski definition) is 1. The third-order valence-corrected chi connectivity index (χ3v) is 2.69. The van der Waals surface area contributed by atoms with Crippen molar-refractivity contribution in [1.29, 1.82) is 0 Å². The molecule has 0 bridgehead atoms. The van der Waals surface area contributed by atoms with Crippen molar-refractivity contribution < 1.29 is 9.18 Å². The van der Waals surface area contributed by atoms with E-state index in [4.69, 9.17) is 0 Å². The van der Waals surface area contributed by atoms with E-state index in [1.54, 1.807) is 13.8 Å². The van der Waals surface area contributed by atoms with E-state index in [2.05, 4.69) is 20.5 Å². The molecule has 0 radical (unpaired) electrons. The maximum absolute atomic E-state index is 13.5. The number of amides is 1. The van der Waals surface area contributed by atoms with Gasteiger partial charge in [-0.1, -0.05) is 11.3 Å². The Morgan fingerprint density at radius 3 is 2.76 bits per heavy atom. The first-order valence-corrected chi connectivity index (χ1v) is 5.61. The van der Waals surface area contributed by atoms with E-state index in [0.717, 1.165) is 5.01 Å². The second-order valence-electron chi connectivity index (χ2n) is 3.42. The Balaban J connectivity index is 2.20. The zero-order chi connectivity index (χ0) is 12.4. The number of hydrogen-bond acceptors (Lipinski definition) is 5. The summed E-state index contributed by atoms with van der Waals surface area (Å²) in [5, 5.41) is 10.9. The van der Waals surface area contributed by atoms with Crippen molar-refractivity contribution in [2.75, 3.05) is 5.32 Å². The van der Waals surface area contributed by atoms with Crippen molar-refractivity contribution in [3.63, 3.8) is 0 Å². The quantitative estimate of drug-likeness (QED) is 0.886. The molecule has 0 saturated heterocycles. The Bertz CT molecular complexity index is 569. The highest BCUT2D eigenvalue weighted by molar-refractivity contribution is 7.15. The molecule has 7 heteroatoms. The predicted octanol–water partition coefficient (Wildman–Crippen LogP) is 1.94. The third-order valence-electron chi connectivity index (χ3n) is 1.94. The number of nitrogens with zero attached hydrogens (tertiary/aromatic N) is 3. The third kappa shape index (κ3) is 2.62. The number of aryl methyl sites for hydroxylation is 2. The standard InChI is InChI=1S/C10H9FN4OS/c1-5-3-7(11)8(12-4-5)9(16)13-10-15-14-6(2)17-10/h3-4H,1-2H3,(H,13,15,16). The molecule has 2 aromatic rings. The summed E-state index contributed by atoms with van der Waals surface area (Å²) in [4.78, 5) is 15.4. The van der Waals surface area contributed by atoms with Crippen molar-refractivity contribution >= 4 is 22.4 Å². The van der Waals surface area contributed by atoms with Gasteiger partial charge in [0.25, 0.3) is 5.91 Å². The van der Waals surface area contributed by atoms with Gasteiger partial charge in [0.2, 0.25) is 5.13 Å². The SMILES string of the molecule is Cc1cnc(C(=O)Nc2nnc(C)s2)c(F)c1. The van der Waals surface area contributed by atoms with Crippen LogP contribution in [0.1, 0.15) is 21.1 Å². The topological polar surface area (TPSA) is 67.8 Å². The maximum Gasteiger partial charge on any atom is 0.279 e. The van der Waals surface area contributed by atoms with Crippen LogP contribution in [0.4, 0.5) is 9.52 Å². The smallest absolute Gasteiger partial charge is 0.279 e. The molecule has 2 aromatic heterocycles. The molecule has 1 amide bonds.